The van der Waals surface area contributed by atoms with Gasteiger partial charge in [-0.1, -0.05) is 62.9 Å². The van der Waals surface area contributed by atoms with E-state index in [4.69, 9.17) is 19.9 Å². The zero-order valence-electron chi connectivity index (χ0n) is 45.3. The van der Waals surface area contributed by atoms with Gasteiger partial charge in [0.25, 0.3) is 0 Å². The summed E-state index contributed by atoms with van der Waals surface area (Å²) in [5.74, 6) is 1.42. The molecule has 11 heterocycles. The number of piperazine rings is 2. The van der Waals surface area contributed by atoms with Crippen molar-refractivity contribution in [2.75, 3.05) is 94.7 Å². The highest BCUT2D eigenvalue weighted by Gasteiger charge is 2.23. The van der Waals surface area contributed by atoms with Gasteiger partial charge in [0.1, 0.15) is 22.1 Å². The van der Waals surface area contributed by atoms with E-state index < -0.39 is 0 Å². The van der Waals surface area contributed by atoms with E-state index in [1.165, 1.54) is 37.2 Å². The largest absolute Gasteiger partial charge is 0.367 e. The number of hydrogen-bond donors (Lipinski definition) is 5. The molecule has 3 aliphatic heterocycles. The fourth-order valence-corrected chi connectivity index (χ4v) is 10.8. The predicted molar refractivity (Wildman–Crippen MR) is 319 cm³/mol. The van der Waals surface area contributed by atoms with Crippen LogP contribution >= 0.6 is 0 Å². The molecule has 79 heavy (non-hydrogen) atoms. The second kappa shape index (κ2) is 22.6. The summed E-state index contributed by atoms with van der Waals surface area (Å²) in [6.07, 6.45) is 10.0. The molecule has 0 unspecified atom stereocenters. The lowest BCUT2D eigenvalue weighted by Crippen LogP contribution is -2.44. The average molecular weight is 1050 g/mol. The van der Waals surface area contributed by atoms with Gasteiger partial charge in [0.05, 0.1) is 56.7 Å². The number of pyridine rings is 4. The summed E-state index contributed by atoms with van der Waals surface area (Å²) in [5, 5.41) is 18.8. The number of fused-ring (bicyclic) bond motifs is 4. The topological polar surface area (TPSA) is 195 Å². The van der Waals surface area contributed by atoms with E-state index in [-0.39, 0.29) is 0 Å². The van der Waals surface area contributed by atoms with Gasteiger partial charge in [0.2, 0.25) is 0 Å². The van der Waals surface area contributed by atoms with Crippen LogP contribution < -0.4 is 15.1 Å². The number of nitrogens with zero attached hydrogens (tertiary/aromatic N) is 13. The number of anilines is 3. The van der Waals surface area contributed by atoms with Crippen LogP contribution in [0.1, 0.15) is 37.8 Å². The molecule has 0 spiro atoms. The lowest BCUT2D eigenvalue weighted by atomic mass is 10.1. The number of para-hydroxylation sites is 2. The third-order valence-corrected chi connectivity index (χ3v) is 15.1. The third kappa shape index (κ3) is 10.8. The molecule has 3 fully saturated rings. The van der Waals surface area contributed by atoms with Crippen LogP contribution in [0.15, 0.2) is 134 Å². The average Bonchev–Trinajstić information content (AvgIpc) is 4.49. The van der Waals surface area contributed by atoms with Crippen LogP contribution in [0.5, 0.6) is 0 Å². The van der Waals surface area contributed by atoms with Gasteiger partial charge in [-0.05, 0) is 112 Å². The first-order chi connectivity index (χ1) is 38.8. The summed E-state index contributed by atoms with van der Waals surface area (Å²) in [6, 6.07) is 34.9. The first kappa shape index (κ1) is 50.9. The number of aromatic nitrogens is 12. The SMILES string of the molecule is C=C(Nc1cncc(-c2ccc3[nH]nc(-c4nc5c(N6CCN(C)CC6)cccc5[nH]4)c3n2)c1)c1ccccc1.CC.CN1CCN(c2cccc3[nH]c(-c4n[nH]c5ccc(-c6cncc(CN7CCCC7)c6)nc45)nc23)CC1. The van der Waals surface area contributed by atoms with Gasteiger partial charge < -0.3 is 34.9 Å². The fourth-order valence-electron chi connectivity index (χ4n) is 10.8. The van der Waals surface area contributed by atoms with Gasteiger partial charge in [-0.15, -0.1) is 0 Å². The van der Waals surface area contributed by atoms with Crippen LogP contribution in [0.4, 0.5) is 17.1 Å². The Labute approximate surface area is 459 Å². The van der Waals surface area contributed by atoms with Gasteiger partial charge in [-0.2, -0.15) is 10.2 Å². The molecule has 11 aromatic rings. The number of likely N-dealkylation sites (tertiary alicyclic amines) is 1. The van der Waals surface area contributed by atoms with Crippen LogP contribution in [-0.4, -0.2) is 155 Å². The summed E-state index contributed by atoms with van der Waals surface area (Å²) in [4.78, 5) is 48.0. The Hall–Kier alpha value is -8.84. The minimum absolute atomic E-state index is 0.692. The van der Waals surface area contributed by atoms with Crippen LogP contribution in [0.3, 0.4) is 0 Å². The Bertz CT molecular complexity index is 3890. The maximum absolute atomic E-state index is 5.02. The van der Waals surface area contributed by atoms with Crippen molar-refractivity contribution in [1.82, 2.24) is 75.0 Å². The minimum Gasteiger partial charge on any atom is -0.367 e. The van der Waals surface area contributed by atoms with Crippen LogP contribution in [0, 0.1) is 0 Å². The van der Waals surface area contributed by atoms with Gasteiger partial charge >= 0.3 is 0 Å². The predicted octanol–water partition coefficient (Wildman–Crippen LogP) is 10.3. The molecule has 5 N–H and O–H groups in total. The van der Waals surface area contributed by atoms with Crippen LogP contribution in [0.2, 0.25) is 0 Å². The number of H-pyrrole nitrogens is 4. The second-order valence-corrected chi connectivity index (χ2v) is 20.4. The van der Waals surface area contributed by atoms with E-state index in [1.54, 1.807) is 6.20 Å². The van der Waals surface area contributed by atoms with E-state index in [0.717, 1.165) is 160 Å². The van der Waals surface area contributed by atoms with Gasteiger partial charge in [-0.25, -0.2) is 19.9 Å². The Kier molecular flexibility index (Phi) is 14.6. The highest BCUT2D eigenvalue weighted by atomic mass is 15.3. The van der Waals surface area contributed by atoms with Crippen molar-refractivity contribution in [3.05, 3.63) is 146 Å². The highest BCUT2D eigenvalue weighted by molar-refractivity contribution is 5.97. The van der Waals surface area contributed by atoms with Crippen molar-refractivity contribution < 1.29 is 0 Å². The summed E-state index contributed by atoms with van der Waals surface area (Å²) >= 11 is 0. The Morgan fingerprint density at radius 2 is 1.04 bits per heavy atom. The van der Waals surface area contributed by atoms with Crippen molar-refractivity contribution in [2.45, 2.75) is 33.2 Å². The molecule has 0 atom stereocenters. The number of likely N-dealkylation sites (N-methyl/N-ethyl adjacent to an activating group) is 2. The third-order valence-electron chi connectivity index (χ3n) is 15.1. The van der Waals surface area contributed by atoms with Crippen molar-refractivity contribution >= 4 is 66.9 Å². The van der Waals surface area contributed by atoms with E-state index in [2.05, 4.69) is 133 Å². The number of benzene rings is 3. The monoisotopic (exact) mass is 1050 g/mol. The number of hydrogen-bond acceptors (Lipinski definition) is 14. The van der Waals surface area contributed by atoms with Crippen LogP contribution in [0.25, 0.3) is 95.4 Å². The smallest absolute Gasteiger partial charge is 0.161 e. The fraction of sp³-hybridized carbons (Fsp3) is 0.279. The van der Waals surface area contributed by atoms with Crippen molar-refractivity contribution in [3.63, 3.8) is 0 Å². The first-order valence-corrected chi connectivity index (χ1v) is 27.5. The summed E-state index contributed by atoms with van der Waals surface area (Å²) in [6.45, 7) is 19.6. The summed E-state index contributed by atoms with van der Waals surface area (Å²) in [7, 11) is 4.34. The zero-order valence-corrected chi connectivity index (χ0v) is 45.3. The maximum Gasteiger partial charge on any atom is 0.161 e. The highest BCUT2D eigenvalue weighted by Crippen LogP contribution is 2.34. The molecule has 0 saturated carbocycles. The second-order valence-electron chi connectivity index (χ2n) is 20.4. The lowest BCUT2D eigenvalue weighted by Gasteiger charge is -2.34. The number of rotatable bonds is 11. The van der Waals surface area contributed by atoms with E-state index in [1.807, 2.05) is 93.1 Å². The molecular formula is C61H66N18. The zero-order chi connectivity index (χ0) is 53.8. The standard InChI is InChI=1S/C31H29N9.C28H31N9.C2H6/c1-20(21-7-4-3-5-8-21)33-23-17-22(18-32-19-23)24-11-12-26-29(34-24)30(38-37-26)31-35-25-9-6-10-27(28(25)36-31)40-15-13-39(2)14-16-40;1-35-11-13-37(14-12-35)24-6-4-5-22-25(24)32-28(31-22)27-26-23(33-34-27)8-7-21(30-26)20-15-19(16-29-17-20)18-36-9-2-3-10-36;1-2/h3-12,17-19,33H,1,13-16H2,2H3,(H,35,36)(H,37,38);4-8,15-17H,2-3,9-14,18H2,1H3,(H,31,32)(H,33,34);1-2H3. The molecule has 3 aliphatic rings. The van der Waals surface area contributed by atoms with E-state index >= 15 is 0 Å². The number of aromatic amines is 4. The van der Waals surface area contributed by atoms with Crippen molar-refractivity contribution in [2.24, 2.45) is 0 Å². The van der Waals surface area contributed by atoms with Gasteiger partial charge in [0.15, 0.2) is 23.0 Å². The molecule has 18 heteroatoms. The quantitative estimate of drug-likeness (QED) is 0.0821. The van der Waals surface area contributed by atoms with E-state index in [9.17, 15) is 0 Å². The minimum atomic E-state index is 0.692. The molecule has 18 nitrogen and oxygen atoms in total. The Morgan fingerprint density at radius 3 is 1.58 bits per heavy atom. The first-order valence-electron chi connectivity index (χ1n) is 27.5. The molecule has 3 aromatic carbocycles. The van der Waals surface area contributed by atoms with Crippen molar-refractivity contribution in [3.8, 4) is 45.6 Å². The molecule has 0 aliphatic carbocycles. The molecule has 3 saturated heterocycles. The molecule has 0 amide bonds. The molecule has 0 radical (unpaired) electrons. The van der Waals surface area contributed by atoms with E-state index in [0.29, 0.717) is 11.5 Å². The molecule has 0 bridgehead atoms. The Balaban J connectivity index is 0.000000153. The molecule has 400 valence electrons. The normalized spacial score (nSPS) is 15.4. The molecular weight excluding hydrogens is 985 g/mol. The lowest BCUT2D eigenvalue weighted by molar-refractivity contribution is 0.313. The van der Waals surface area contributed by atoms with Gasteiger partial charge in [0, 0.05) is 94.3 Å². The van der Waals surface area contributed by atoms with Crippen LogP contribution in [-0.2, 0) is 6.54 Å². The maximum atomic E-state index is 5.02. The summed E-state index contributed by atoms with van der Waals surface area (Å²) in [5.41, 5.74) is 18.5. The Morgan fingerprint density at radius 1 is 0.519 bits per heavy atom. The molecule has 14 rings (SSSR count). The summed E-state index contributed by atoms with van der Waals surface area (Å²) < 4.78 is 0. The number of nitrogens with one attached hydrogen (secondary N) is 5. The molecule has 8 aromatic heterocycles. The van der Waals surface area contributed by atoms with Gasteiger partial charge in [-0.3, -0.25) is 25.1 Å². The number of imidazole rings is 2. The van der Waals surface area contributed by atoms with Crippen molar-refractivity contribution in [1.29, 1.82) is 0 Å².